The lowest BCUT2D eigenvalue weighted by molar-refractivity contribution is -0.384. The first-order valence-electron chi connectivity index (χ1n) is 5.31. The van der Waals surface area contributed by atoms with Gasteiger partial charge in [-0.15, -0.1) is 0 Å². The molecule has 5 heteroatoms. The Morgan fingerprint density at radius 3 is 2.50 bits per heavy atom. The molecule has 0 atom stereocenters. The van der Waals surface area contributed by atoms with Gasteiger partial charge in [0.05, 0.1) is 4.92 Å². The zero-order valence-corrected chi connectivity index (χ0v) is 9.22. The largest absolute Gasteiger partial charge is 0.314 e. The predicted molar refractivity (Wildman–Crippen MR) is 61.2 cm³/mol. The molecule has 0 spiro atoms. The number of rotatable bonds is 4. The third-order valence-electron chi connectivity index (χ3n) is 2.96. The van der Waals surface area contributed by atoms with Crippen molar-refractivity contribution < 1.29 is 4.92 Å². The number of hydrogen-bond acceptors (Lipinski definition) is 4. The lowest BCUT2D eigenvalue weighted by Crippen LogP contribution is -2.55. The third kappa shape index (κ3) is 2.37. The Labute approximate surface area is 94.2 Å². The summed E-state index contributed by atoms with van der Waals surface area (Å²) in [6.07, 6.45) is 0. The Morgan fingerprint density at radius 2 is 2.06 bits per heavy atom. The average molecular weight is 221 g/mol. The van der Waals surface area contributed by atoms with Gasteiger partial charge in [0, 0.05) is 37.8 Å². The zero-order valence-electron chi connectivity index (χ0n) is 9.22. The van der Waals surface area contributed by atoms with Crippen LogP contribution in [-0.4, -0.2) is 36.0 Å². The van der Waals surface area contributed by atoms with Crippen molar-refractivity contribution in [3.05, 3.63) is 39.9 Å². The Bertz CT molecular complexity index is 373. The van der Waals surface area contributed by atoms with Crippen molar-refractivity contribution in [1.29, 1.82) is 0 Å². The zero-order chi connectivity index (χ0) is 11.5. The molecule has 0 aliphatic carbocycles. The van der Waals surface area contributed by atoms with Crippen LogP contribution in [0.1, 0.15) is 5.56 Å². The second-order valence-corrected chi connectivity index (χ2v) is 4.15. The summed E-state index contributed by atoms with van der Waals surface area (Å²) in [6, 6.07) is 7.35. The van der Waals surface area contributed by atoms with Crippen molar-refractivity contribution in [2.75, 3.05) is 20.1 Å². The standard InChI is InChI=1S/C11H15N3O2/c1-13(11-6-12-7-11)8-9-2-4-10(5-3-9)14(15)16/h2-5,11-12H,6-8H2,1H3. The van der Waals surface area contributed by atoms with Crippen molar-refractivity contribution in [2.24, 2.45) is 0 Å². The van der Waals surface area contributed by atoms with E-state index in [1.54, 1.807) is 12.1 Å². The van der Waals surface area contributed by atoms with Crippen LogP contribution in [0.25, 0.3) is 0 Å². The van der Waals surface area contributed by atoms with Crippen molar-refractivity contribution in [3.63, 3.8) is 0 Å². The number of nitro benzene ring substituents is 1. The van der Waals surface area contributed by atoms with Crippen LogP contribution >= 0.6 is 0 Å². The molecule has 0 amide bonds. The van der Waals surface area contributed by atoms with E-state index in [1.165, 1.54) is 0 Å². The molecule has 0 saturated carbocycles. The fourth-order valence-corrected chi connectivity index (χ4v) is 1.73. The average Bonchev–Trinajstić information content (AvgIpc) is 2.15. The van der Waals surface area contributed by atoms with E-state index in [-0.39, 0.29) is 10.6 Å². The molecule has 1 saturated heterocycles. The molecule has 1 heterocycles. The monoisotopic (exact) mass is 221 g/mol. The Hall–Kier alpha value is -1.46. The van der Waals surface area contributed by atoms with Gasteiger partial charge >= 0.3 is 0 Å². The lowest BCUT2D eigenvalue weighted by atomic mass is 10.1. The molecule has 1 N–H and O–H groups in total. The second kappa shape index (κ2) is 4.59. The van der Waals surface area contributed by atoms with Gasteiger partial charge in [-0.05, 0) is 12.6 Å². The van der Waals surface area contributed by atoms with Gasteiger partial charge in [0.15, 0.2) is 0 Å². The van der Waals surface area contributed by atoms with Gasteiger partial charge in [-0.2, -0.15) is 0 Å². The highest BCUT2D eigenvalue weighted by molar-refractivity contribution is 5.32. The third-order valence-corrected chi connectivity index (χ3v) is 2.96. The van der Waals surface area contributed by atoms with Crippen LogP contribution in [0.3, 0.4) is 0 Å². The summed E-state index contributed by atoms with van der Waals surface area (Å²) in [5.74, 6) is 0. The predicted octanol–water partition coefficient (Wildman–Crippen LogP) is 0.998. The number of nitrogens with zero attached hydrogens (tertiary/aromatic N) is 2. The van der Waals surface area contributed by atoms with E-state index >= 15 is 0 Å². The number of nitrogens with one attached hydrogen (secondary N) is 1. The van der Waals surface area contributed by atoms with Gasteiger partial charge in [-0.25, -0.2) is 0 Å². The van der Waals surface area contributed by atoms with Crippen LogP contribution < -0.4 is 5.32 Å². The van der Waals surface area contributed by atoms with E-state index in [4.69, 9.17) is 0 Å². The van der Waals surface area contributed by atoms with Crippen molar-refractivity contribution >= 4 is 5.69 Å². The minimum Gasteiger partial charge on any atom is -0.314 e. The highest BCUT2D eigenvalue weighted by atomic mass is 16.6. The van der Waals surface area contributed by atoms with Gasteiger partial charge in [0.25, 0.3) is 5.69 Å². The lowest BCUT2D eigenvalue weighted by Gasteiger charge is -2.35. The molecule has 1 fully saturated rings. The summed E-state index contributed by atoms with van der Waals surface area (Å²) < 4.78 is 0. The minimum atomic E-state index is -0.372. The molecule has 0 radical (unpaired) electrons. The van der Waals surface area contributed by atoms with E-state index in [0.717, 1.165) is 25.2 Å². The smallest absolute Gasteiger partial charge is 0.269 e. The topological polar surface area (TPSA) is 58.4 Å². The number of likely N-dealkylation sites (N-methyl/N-ethyl adjacent to an activating group) is 1. The maximum absolute atomic E-state index is 10.5. The van der Waals surface area contributed by atoms with Gasteiger partial charge in [0.2, 0.25) is 0 Å². The quantitative estimate of drug-likeness (QED) is 0.608. The molecule has 1 aliphatic rings. The van der Waals surface area contributed by atoms with Crippen molar-refractivity contribution in [1.82, 2.24) is 10.2 Å². The minimum absolute atomic E-state index is 0.150. The first-order chi connectivity index (χ1) is 7.66. The fourth-order valence-electron chi connectivity index (χ4n) is 1.73. The van der Waals surface area contributed by atoms with Crippen molar-refractivity contribution in [2.45, 2.75) is 12.6 Å². The highest BCUT2D eigenvalue weighted by Gasteiger charge is 2.21. The van der Waals surface area contributed by atoms with Crippen molar-refractivity contribution in [3.8, 4) is 0 Å². The van der Waals surface area contributed by atoms with Gasteiger partial charge < -0.3 is 5.32 Å². The number of nitro groups is 1. The summed E-state index contributed by atoms with van der Waals surface area (Å²) in [5.41, 5.74) is 1.26. The summed E-state index contributed by atoms with van der Waals surface area (Å²) in [5, 5.41) is 13.7. The Balaban J connectivity index is 1.96. The maximum Gasteiger partial charge on any atom is 0.269 e. The molecule has 5 nitrogen and oxygen atoms in total. The molecule has 1 aromatic rings. The molecule has 0 aromatic heterocycles. The van der Waals surface area contributed by atoms with Crippen LogP contribution in [-0.2, 0) is 6.54 Å². The first kappa shape index (κ1) is 11.0. The highest BCUT2D eigenvalue weighted by Crippen LogP contribution is 2.14. The maximum atomic E-state index is 10.5. The molecule has 1 aromatic carbocycles. The summed E-state index contributed by atoms with van der Waals surface area (Å²) >= 11 is 0. The van der Waals surface area contributed by atoms with Crippen LogP contribution in [0, 0.1) is 10.1 Å². The Morgan fingerprint density at radius 1 is 1.44 bits per heavy atom. The van der Waals surface area contributed by atoms with E-state index in [2.05, 4.69) is 17.3 Å². The molecular weight excluding hydrogens is 206 g/mol. The molecule has 2 rings (SSSR count). The van der Waals surface area contributed by atoms with Crippen LogP contribution in [0.2, 0.25) is 0 Å². The summed E-state index contributed by atoms with van der Waals surface area (Å²) in [4.78, 5) is 12.4. The van der Waals surface area contributed by atoms with Gasteiger partial charge in [-0.1, -0.05) is 12.1 Å². The molecule has 0 bridgehead atoms. The van der Waals surface area contributed by atoms with E-state index in [0.29, 0.717) is 6.04 Å². The molecule has 86 valence electrons. The molecular formula is C11H15N3O2. The van der Waals surface area contributed by atoms with Gasteiger partial charge in [0.1, 0.15) is 0 Å². The van der Waals surface area contributed by atoms with E-state index in [1.807, 2.05) is 12.1 Å². The van der Waals surface area contributed by atoms with E-state index in [9.17, 15) is 10.1 Å². The van der Waals surface area contributed by atoms with E-state index < -0.39 is 0 Å². The van der Waals surface area contributed by atoms with Crippen LogP contribution in [0.15, 0.2) is 24.3 Å². The molecule has 1 aliphatic heterocycles. The second-order valence-electron chi connectivity index (χ2n) is 4.15. The SMILES string of the molecule is CN(Cc1ccc([N+](=O)[O-])cc1)C1CNC1. The Kier molecular flexibility index (Phi) is 3.17. The number of non-ortho nitro benzene ring substituents is 1. The number of hydrogen-bond donors (Lipinski definition) is 1. The summed E-state index contributed by atoms with van der Waals surface area (Å²) in [6.45, 7) is 2.90. The van der Waals surface area contributed by atoms with Crippen LogP contribution in [0.4, 0.5) is 5.69 Å². The van der Waals surface area contributed by atoms with Gasteiger partial charge in [-0.3, -0.25) is 15.0 Å². The molecule has 16 heavy (non-hydrogen) atoms. The fraction of sp³-hybridized carbons (Fsp3) is 0.455. The van der Waals surface area contributed by atoms with Crippen LogP contribution in [0.5, 0.6) is 0 Å². The first-order valence-corrected chi connectivity index (χ1v) is 5.31. The molecule has 0 unspecified atom stereocenters. The number of benzene rings is 1. The normalized spacial score (nSPS) is 16.1. The summed E-state index contributed by atoms with van der Waals surface area (Å²) in [7, 11) is 2.08.